The van der Waals surface area contributed by atoms with Crippen LogP contribution in [0.2, 0.25) is 0 Å². The van der Waals surface area contributed by atoms with Gasteiger partial charge in [0.2, 0.25) is 0 Å². The van der Waals surface area contributed by atoms with Crippen LogP contribution in [0.4, 0.5) is 4.79 Å². The number of hydrogen-bond acceptors (Lipinski definition) is 5. The van der Waals surface area contributed by atoms with E-state index < -0.39 is 5.54 Å². The van der Waals surface area contributed by atoms with Crippen molar-refractivity contribution in [1.29, 1.82) is 0 Å². The summed E-state index contributed by atoms with van der Waals surface area (Å²) in [4.78, 5) is 30.0. The van der Waals surface area contributed by atoms with Gasteiger partial charge in [0.1, 0.15) is 17.1 Å². The molecule has 3 fully saturated rings. The minimum absolute atomic E-state index is 0.0132. The molecule has 3 aliphatic rings. The number of nitrogens with zero attached hydrogens (tertiary/aromatic N) is 2. The van der Waals surface area contributed by atoms with E-state index in [-0.39, 0.29) is 24.0 Å². The minimum atomic E-state index is -0.752. The molecule has 2 unspecified atom stereocenters. The van der Waals surface area contributed by atoms with E-state index in [9.17, 15) is 9.59 Å². The molecule has 3 saturated heterocycles. The number of furan rings is 1. The predicted octanol–water partition coefficient (Wildman–Crippen LogP) is 3.07. The number of imide groups is 1. The second-order valence-corrected chi connectivity index (χ2v) is 8.77. The summed E-state index contributed by atoms with van der Waals surface area (Å²) in [6.45, 7) is 7.76. The lowest BCUT2D eigenvalue weighted by atomic mass is 9.74. The van der Waals surface area contributed by atoms with Gasteiger partial charge in [-0.25, -0.2) is 4.79 Å². The number of hydrogen-bond donors (Lipinski definition) is 1. The van der Waals surface area contributed by atoms with Gasteiger partial charge >= 0.3 is 6.03 Å². The highest BCUT2D eigenvalue weighted by Crippen LogP contribution is 2.37. The van der Waals surface area contributed by atoms with Crippen LogP contribution in [0, 0.1) is 12.8 Å². The fourth-order valence-electron chi connectivity index (χ4n) is 5.22. The van der Waals surface area contributed by atoms with E-state index in [2.05, 4.69) is 17.1 Å². The average molecular weight is 404 g/mol. The van der Waals surface area contributed by atoms with Crippen molar-refractivity contribution in [2.75, 3.05) is 26.2 Å². The molecular weight excluding hydrogens is 370 g/mol. The van der Waals surface area contributed by atoms with Gasteiger partial charge in [-0.3, -0.25) is 14.6 Å². The van der Waals surface area contributed by atoms with Crippen molar-refractivity contribution in [2.24, 2.45) is 5.92 Å². The summed E-state index contributed by atoms with van der Waals surface area (Å²) in [6, 6.07) is 3.78. The first-order valence-electron chi connectivity index (χ1n) is 11.0. The van der Waals surface area contributed by atoms with Crippen LogP contribution in [-0.4, -0.2) is 59.6 Å². The van der Waals surface area contributed by atoms with Crippen LogP contribution in [-0.2, 0) is 16.1 Å². The lowest BCUT2D eigenvalue weighted by molar-refractivity contribution is -0.135. The number of carbonyl (C=O) groups excluding carboxylic acids is 2. The molecule has 2 atom stereocenters. The van der Waals surface area contributed by atoms with Crippen LogP contribution in [0.5, 0.6) is 0 Å². The fraction of sp³-hybridized carbons (Fsp3) is 0.727. The summed E-state index contributed by atoms with van der Waals surface area (Å²) >= 11 is 0. The summed E-state index contributed by atoms with van der Waals surface area (Å²) < 4.78 is 11.4. The zero-order valence-corrected chi connectivity index (χ0v) is 17.6. The minimum Gasteiger partial charge on any atom is -0.465 e. The number of likely N-dealkylation sites (tertiary alicyclic amines) is 1. The van der Waals surface area contributed by atoms with Crippen LogP contribution in [0.15, 0.2) is 16.5 Å². The van der Waals surface area contributed by atoms with Gasteiger partial charge in [0, 0.05) is 6.61 Å². The number of carbonyl (C=O) groups is 2. The Hall–Kier alpha value is -1.86. The van der Waals surface area contributed by atoms with Crippen molar-refractivity contribution in [3.05, 3.63) is 23.7 Å². The zero-order chi connectivity index (χ0) is 20.4. The first-order chi connectivity index (χ1) is 14.0. The van der Waals surface area contributed by atoms with Gasteiger partial charge in [-0.2, -0.15) is 0 Å². The maximum absolute atomic E-state index is 13.4. The Balaban J connectivity index is 1.41. The van der Waals surface area contributed by atoms with Crippen LogP contribution in [0.1, 0.15) is 57.0 Å². The lowest BCUT2D eigenvalue weighted by Crippen LogP contribution is -2.56. The standard InChI is InChI=1S/C22H33N3O4/c1-3-10-22(20(26)25(21(27)23-22)15-18-5-4-13-28-18)17-8-11-24(12-9-17)14-19-7-6-16(2)29-19/h6-7,17-18H,3-5,8-15H2,1-2H3,(H,23,27). The molecule has 0 aliphatic carbocycles. The highest BCUT2D eigenvalue weighted by Gasteiger charge is 2.55. The van der Waals surface area contributed by atoms with Crippen molar-refractivity contribution in [1.82, 2.24) is 15.1 Å². The van der Waals surface area contributed by atoms with Gasteiger partial charge in [0.15, 0.2) is 0 Å². The maximum atomic E-state index is 13.4. The number of ether oxygens (including phenoxy) is 1. The molecule has 0 aromatic carbocycles. The molecule has 0 radical (unpaired) electrons. The molecule has 0 spiro atoms. The molecule has 4 heterocycles. The number of rotatable bonds is 7. The Labute approximate surface area is 172 Å². The first-order valence-corrected chi connectivity index (χ1v) is 11.0. The van der Waals surface area contributed by atoms with Gasteiger partial charge in [-0.05, 0) is 70.2 Å². The summed E-state index contributed by atoms with van der Waals surface area (Å²) in [5, 5.41) is 3.12. The van der Waals surface area contributed by atoms with Crippen molar-refractivity contribution in [3.63, 3.8) is 0 Å². The normalized spacial score (nSPS) is 29.0. The number of amides is 3. The van der Waals surface area contributed by atoms with E-state index in [0.29, 0.717) is 13.0 Å². The molecule has 3 amide bonds. The third kappa shape index (κ3) is 4.08. The maximum Gasteiger partial charge on any atom is 0.325 e. The second-order valence-electron chi connectivity index (χ2n) is 8.77. The molecule has 1 aromatic rings. The summed E-state index contributed by atoms with van der Waals surface area (Å²) in [6.07, 6.45) is 5.28. The van der Waals surface area contributed by atoms with E-state index >= 15 is 0 Å². The summed E-state index contributed by atoms with van der Waals surface area (Å²) in [7, 11) is 0. The van der Waals surface area contributed by atoms with Gasteiger partial charge in [-0.1, -0.05) is 13.3 Å². The average Bonchev–Trinajstić information content (AvgIpc) is 3.41. The molecule has 7 heteroatoms. The predicted molar refractivity (Wildman–Crippen MR) is 108 cm³/mol. The van der Waals surface area contributed by atoms with Gasteiger partial charge < -0.3 is 14.5 Å². The van der Waals surface area contributed by atoms with Crippen molar-refractivity contribution >= 4 is 11.9 Å². The lowest BCUT2D eigenvalue weighted by Gasteiger charge is -2.40. The number of nitrogens with one attached hydrogen (secondary N) is 1. The Kier molecular flexibility index (Phi) is 5.97. The Morgan fingerprint density at radius 3 is 2.62 bits per heavy atom. The van der Waals surface area contributed by atoms with E-state index in [4.69, 9.17) is 9.15 Å². The SMILES string of the molecule is CCCC1(C2CCN(Cc3ccc(C)o3)CC2)NC(=O)N(CC2CCCO2)C1=O. The van der Waals surface area contributed by atoms with Gasteiger partial charge in [0.25, 0.3) is 5.91 Å². The number of piperidine rings is 1. The molecule has 29 heavy (non-hydrogen) atoms. The van der Waals surface area contributed by atoms with Crippen LogP contribution in [0.3, 0.4) is 0 Å². The number of aryl methyl sites for hydroxylation is 1. The van der Waals surface area contributed by atoms with Gasteiger partial charge in [-0.15, -0.1) is 0 Å². The Morgan fingerprint density at radius 2 is 2.00 bits per heavy atom. The van der Waals surface area contributed by atoms with E-state index in [1.165, 1.54) is 4.90 Å². The smallest absolute Gasteiger partial charge is 0.325 e. The molecule has 1 N–H and O–H groups in total. The Morgan fingerprint density at radius 1 is 1.21 bits per heavy atom. The van der Waals surface area contributed by atoms with E-state index in [1.54, 1.807) is 0 Å². The zero-order valence-electron chi connectivity index (χ0n) is 17.6. The molecule has 4 rings (SSSR count). The molecule has 3 aliphatic heterocycles. The van der Waals surface area contributed by atoms with Gasteiger partial charge in [0.05, 0.1) is 19.2 Å². The molecule has 7 nitrogen and oxygen atoms in total. The summed E-state index contributed by atoms with van der Waals surface area (Å²) in [5.41, 5.74) is -0.752. The summed E-state index contributed by atoms with van der Waals surface area (Å²) in [5.74, 6) is 2.04. The van der Waals surface area contributed by atoms with E-state index in [1.807, 2.05) is 19.1 Å². The van der Waals surface area contributed by atoms with Crippen LogP contribution >= 0.6 is 0 Å². The van der Waals surface area contributed by atoms with E-state index in [0.717, 1.165) is 69.9 Å². The molecule has 160 valence electrons. The van der Waals surface area contributed by atoms with Crippen molar-refractivity contribution in [2.45, 2.75) is 70.6 Å². The third-order valence-electron chi connectivity index (χ3n) is 6.72. The Bertz CT molecular complexity index is 734. The second kappa shape index (κ2) is 8.48. The molecule has 0 bridgehead atoms. The fourth-order valence-corrected chi connectivity index (χ4v) is 5.22. The van der Waals surface area contributed by atoms with Crippen LogP contribution < -0.4 is 5.32 Å². The molecule has 0 saturated carbocycles. The third-order valence-corrected chi connectivity index (χ3v) is 6.72. The van der Waals surface area contributed by atoms with Crippen molar-refractivity contribution in [3.8, 4) is 0 Å². The first kappa shape index (κ1) is 20.4. The molecule has 1 aromatic heterocycles. The topological polar surface area (TPSA) is 75.0 Å². The monoisotopic (exact) mass is 403 g/mol. The van der Waals surface area contributed by atoms with Crippen molar-refractivity contribution < 1.29 is 18.7 Å². The molecular formula is C22H33N3O4. The quantitative estimate of drug-likeness (QED) is 0.708. The highest BCUT2D eigenvalue weighted by molar-refractivity contribution is 6.07. The van der Waals surface area contributed by atoms with Crippen LogP contribution in [0.25, 0.3) is 0 Å². The number of urea groups is 1. The highest BCUT2D eigenvalue weighted by atomic mass is 16.5. The largest absolute Gasteiger partial charge is 0.465 e.